The topological polar surface area (TPSA) is 65.0 Å². The third kappa shape index (κ3) is 3.22. The molecule has 5 heteroatoms. The molecule has 5 nitrogen and oxygen atoms in total. The standard InChI is InChI=1S/C22H15NO4/c1-26-21(24)16-11-9-14(10-12-16)13-19-22(25)27-20(23-19)18-8-4-6-15-5-2-3-7-17(15)18/h2-13H,1H3. The predicted octanol–water partition coefficient (Wildman–Crippen LogP) is 3.97. The van der Waals surface area contributed by atoms with Gasteiger partial charge in [0.15, 0.2) is 5.70 Å². The fraction of sp³-hybridized carbons (Fsp3) is 0.0455. The Morgan fingerprint density at radius 2 is 1.74 bits per heavy atom. The second-order valence-corrected chi connectivity index (χ2v) is 5.98. The second kappa shape index (κ2) is 6.88. The zero-order valence-electron chi connectivity index (χ0n) is 14.5. The maximum absolute atomic E-state index is 12.2. The quantitative estimate of drug-likeness (QED) is 0.525. The average Bonchev–Trinajstić information content (AvgIpc) is 3.07. The van der Waals surface area contributed by atoms with Crippen molar-refractivity contribution in [1.29, 1.82) is 0 Å². The number of aliphatic imine (C=N–C) groups is 1. The summed E-state index contributed by atoms with van der Waals surface area (Å²) >= 11 is 0. The van der Waals surface area contributed by atoms with E-state index in [1.54, 1.807) is 30.3 Å². The van der Waals surface area contributed by atoms with Crippen LogP contribution in [0.25, 0.3) is 16.8 Å². The Kier molecular flexibility index (Phi) is 4.26. The van der Waals surface area contributed by atoms with Gasteiger partial charge in [-0.15, -0.1) is 0 Å². The first-order valence-corrected chi connectivity index (χ1v) is 8.35. The van der Waals surface area contributed by atoms with E-state index in [9.17, 15) is 9.59 Å². The number of nitrogens with zero attached hydrogens (tertiary/aromatic N) is 1. The van der Waals surface area contributed by atoms with Crippen LogP contribution in [-0.2, 0) is 14.3 Å². The number of hydrogen-bond donors (Lipinski definition) is 0. The van der Waals surface area contributed by atoms with Gasteiger partial charge in [0.25, 0.3) is 0 Å². The zero-order valence-corrected chi connectivity index (χ0v) is 14.5. The fourth-order valence-corrected chi connectivity index (χ4v) is 2.93. The summed E-state index contributed by atoms with van der Waals surface area (Å²) in [5.41, 5.74) is 2.15. The minimum atomic E-state index is -0.505. The molecule has 0 saturated carbocycles. The van der Waals surface area contributed by atoms with Crippen molar-refractivity contribution in [2.75, 3.05) is 7.11 Å². The van der Waals surface area contributed by atoms with Gasteiger partial charge in [0.1, 0.15) is 0 Å². The minimum absolute atomic E-state index is 0.212. The molecule has 132 valence electrons. The van der Waals surface area contributed by atoms with E-state index in [0.717, 1.165) is 21.9 Å². The van der Waals surface area contributed by atoms with Crippen LogP contribution in [0.15, 0.2) is 77.4 Å². The molecule has 0 spiro atoms. The highest BCUT2D eigenvalue weighted by Gasteiger charge is 2.25. The van der Waals surface area contributed by atoms with Crippen molar-refractivity contribution >= 4 is 34.7 Å². The largest absolute Gasteiger partial charge is 0.465 e. The number of ether oxygens (including phenoxy) is 2. The number of hydrogen-bond acceptors (Lipinski definition) is 5. The van der Waals surface area contributed by atoms with Crippen LogP contribution in [0.4, 0.5) is 0 Å². The number of cyclic esters (lactones) is 1. The molecule has 0 aromatic heterocycles. The second-order valence-electron chi connectivity index (χ2n) is 5.98. The van der Waals surface area contributed by atoms with Crippen molar-refractivity contribution in [3.8, 4) is 0 Å². The van der Waals surface area contributed by atoms with Crippen molar-refractivity contribution in [3.63, 3.8) is 0 Å². The number of rotatable bonds is 3. The molecule has 1 heterocycles. The van der Waals surface area contributed by atoms with E-state index >= 15 is 0 Å². The number of benzene rings is 3. The lowest BCUT2D eigenvalue weighted by Crippen LogP contribution is -2.05. The van der Waals surface area contributed by atoms with Gasteiger partial charge in [-0.05, 0) is 40.6 Å². The van der Waals surface area contributed by atoms with Crippen molar-refractivity contribution in [2.45, 2.75) is 0 Å². The number of carbonyl (C=O) groups is 2. The Labute approximate surface area is 155 Å². The maximum atomic E-state index is 12.2. The summed E-state index contributed by atoms with van der Waals surface area (Å²) in [5, 5.41) is 2.01. The number of fused-ring (bicyclic) bond motifs is 1. The first-order valence-electron chi connectivity index (χ1n) is 8.35. The molecule has 0 atom stereocenters. The predicted molar refractivity (Wildman–Crippen MR) is 102 cm³/mol. The molecule has 0 amide bonds. The van der Waals surface area contributed by atoms with E-state index in [0.29, 0.717) is 5.56 Å². The molecule has 3 aromatic rings. The van der Waals surface area contributed by atoms with Gasteiger partial charge in [-0.2, -0.15) is 0 Å². The van der Waals surface area contributed by atoms with E-state index in [-0.39, 0.29) is 11.6 Å². The molecule has 0 radical (unpaired) electrons. The highest BCUT2D eigenvalue weighted by atomic mass is 16.6. The van der Waals surface area contributed by atoms with E-state index in [1.807, 2.05) is 42.5 Å². The van der Waals surface area contributed by atoms with Crippen LogP contribution < -0.4 is 0 Å². The highest BCUT2D eigenvalue weighted by molar-refractivity contribution is 6.17. The van der Waals surface area contributed by atoms with Crippen molar-refractivity contribution in [2.24, 2.45) is 4.99 Å². The Morgan fingerprint density at radius 1 is 1.00 bits per heavy atom. The molecule has 0 fully saturated rings. The Balaban J connectivity index is 1.68. The molecule has 0 saturated heterocycles. The van der Waals surface area contributed by atoms with Crippen LogP contribution in [0.1, 0.15) is 21.5 Å². The summed E-state index contributed by atoms with van der Waals surface area (Å²) in [7, 11) is 1.33. The molecule has 0 unspecified atom stereocenters. The molecule has 27 heavy (non-hydrogen) atoms. The third-order valence-corrected chi connectivity index (χ3v) is 4.28. The summed E-state index contributed by atoms with van der Waals surface area (Å²) in [6.45, 7) is 0. The van der Waals surface area contributed by atoms with Gasteiger partial charge in [-0.3, -0.25) is 0 Å². The highest BCUT2D eigenvalue weighted by Crippen LogP contribution is 2.24. The van der Waals surface area contributed by atoms with Gasteiger partial charge in [-0.1, -0.05) is 48.5 Å². The number of esters is 2. The zero-order chi connectivity index (χ0) is 18.8. The lowest BCUT2D eigenvalue weighted by atomic mass is 10.0. The number of carbonyl (C=O) groups excluding carboxylic acids is 2. The van der Waals surface area contributed by atoms with E-state index < -0.39 is 11.9 Å². The minimum Gasteiger partial charge on any atom is -0.465 e. The van der Waals surface area contributed by atoms with Crippen LogP contribution in [0, 0.1) is 0 Å². The van der Waals surface area contributed by atoms with Gasteiger partial charge in [0.05, 0.1) is 12.7 Å². The molecule has 3 aromatic carbocycles. The molecule has 0 aliphatic carbocycles. The van der Waals surface area contributed by atoms with Gasteiger partial charge in [0, 0.05) is 5.56 Å². The molecule has 0 bridgehead atoms. The van der Waals surface area contributed by atoms with E-state index in [1.165, 1.54) is 7.11 Å². The third-order valence-electron chi connectivity index (χ3n) is 4.28. The van der Waals surface area contributed by atoms with Crippen molar-refractivity contribution < 1.29 is 19.1 Å². The maximum Gasteiger partial charge on any atom is 0.363 e. The summed E-state index contributed by atoms with van der Waals surface area (Å²) in [6, 6.07) is 20.3. The van der Waals surface area contributed by atoms with Crippen LogP contribution in [0.2, 0.25) is 0 Å². The Bertz CT molecular complexity index is 1110. The lowest BCUT2D eigenvalue weighted by Gasteiger charge is -2.04. The van der Waals surface area contributed by atoms with Gasteiger partial charge < -0.3 is 9.47 Å². The van der Waals surface area contributed by atoms with E-state index in [4.69, 9.17) is 4.74 Å². The summed E-state index contributed by atoms with van der Waals surface area (Å²) in [5.74, 6) is -0.630. The lowest BCUT2D eigenvalue weighted by molar-refractivity contribution is -0.129. The molecular weight excluding hydrogens is 342 g/mol. The average molecular weight is 357 g/mol. The SMILES string of the molecule is COC(=O)c1ccc(C=C2N=C(c3cccc4ccccc34)OC2=O)cc1. The van der Waals surface area contributed by atoms with Crippen LogP contribution in [0.5, 0.6) is 0 Å². The van der Waals surface area contributed by atoms with Crippen LogP contribution >= 0.6 is 0 Å². The first kappa shape index (κ1) is 16.7. The van der Waals surface area contributed by atoms with Gasteiger partial charge in [0.2, 0.25) is 5.90 Å². The normalized spacial score (nSPS) is 14.9. The van der Waals surface area contributed by atoms with Crippen LogP contribution in [-0.4, -0.2) is 24.9 Å². The smallest absolute Gasteiger partial charge is 0.363 e. The summed E-state index contributed by atoms with van der Waals surface area (Å²) in [4.78, 5) is 28.1. The molecular formula is C22H15NO4. The van der Waals surface area contributed by atoms with Gasteiger partial charge >= 0.3 is 11.9 Å². The summed E-state index contributed by atoms with van der Waals surface area (Å²) in [6.07, 6.45) is 1.63. The fourth-order valence-electron chi connectivity index (χ4n) is 2.93. The van der Waals surface area contributed by atoms with Gasteiger partial charge in [-0.25, -0.2) is 14.6 Å². The molecule has 0 N–H and O–H groups in total. The van der Waals surface area contributed by atoms with Crippen molar-refractivity contribution in [1.82, 2.24) is 0 Å². The Morgan fingerprint density at radius 3 is 2.52 bits per heavy atom. The Hall–Kier alpha value is -3.73. The van der Waals surface area contributed by atoms with Crippen molar-refractivity contribution in [3.05, 3.63) is 89.1 Å². The van der Waals surface area contributed by atoms with E-state index in [2.05, 4.69) is 9.73 Å². The molecule has 1 aliphatic heterocycles. The molecule has 1 aliphatic rings. The number of methoxy groups -OCH3 is 1. The van der Waals surface area contributed by atoms with Crippen LogP contribution in [0.3, 0.4) is 0 Å². The molecule has 4 rings (SSSR count). The first-order chi connectivity index (χ1) is 13.2. The monoisotopic (exact) mass is 357 g/mol. The summed E-state index contributed by atoms with van der Waals surface area (Å²) < 4.78 is 10.1.